The van der Waals surface area contributed by atoms with E-state index in [0.29, 0.717) is 37.3 Å². The molecule has 0 radical (unpaired) electrons. The summed E-state index contributed by atoms with van der Waals surface area (Å²) < 4.78 is 21.5. The molecule has 0 amide bonds. The van der Waals surface area contributed by atoms with E-state index in [1.54, 1.807) is 16.8 Å². The van der Waals surface area contributed by atoms with Gasteiger partial charge in [0.15, 0.2) is 11.6 Å². The summed E-state index contributed by atoms with van der Waals surface area (Å²) >= 11 is 0. The predicted octanol–water partition coefficient (Wildman–Crippen LogP) is 2.49. The van der Waals surface area contributed by atoms with E-state index in [4.69, 9.17) is 16.0 Å². The number of likely N-dealkylation sites (tertiary alicyclic amines) is 1. The van der Waals surface area contributed by atoms with E-state index in [1.165, 1.54) is 18.5 Å². The van der Waals surface area contributed by atoms with Crippen molar-refractivity contribution >= 4 is 11.2 Å². The highest BCUT2D eigenvalue weighted by Gasteiger charge is 2.27. The number of nitrogen functional groups attached to an aromatic ring is 1. The zero-order valence-corrected chi connectivity index (χ0v) is 15.4. The Hall–Kier alpha value is -3.40. The van der Waals surface area contributed by atoms with Gasteiger partial charge >= 0.3 is 0 Å². The Kier molecular flexibility index (Phi) is 5.17. The van der Waals surface area contributed by atoms with Crippen LogP contribution in [-0.4, -0.2) is 49.8 Å². The van der Waals surface area contributed by atoms with Gasteiger partial charge in [0.05, 0.1) is 12.1 Å². The van der Waals surface area contributed by atoms with Crippen LogP contribution in [0.1, 0.15) is 12.0 Å². The van der Waals surface area contributed by atoms with E-state index < -0.39 is 18.0 Å². The second kappa shape index (κ2) is 7.92. The molecule has 0 spiro atoms. The van der Waals surface area contributed by atoms with Crippen molar-refractivity contribution in [3.8, 4) is 11.6 Å². The monoisotopic (exact) mass is 398 g/mol. The summed E-state index contributed by atoms with van der Waals surface area (Å²) in [4.78, 5) is 9.00. The molecule has 150 valence electrons. The topological polar surface area (TPSA) is 138 Å². The van der Waals surface area contributed by atoms with Gasteiger partial charge in [0.25, 0.3) is 0 Å². The fourth-order valence-electron chi connectivity index (χ4n) is 3.46. The highest BCUT2D eigenvalue weighted by molar-refractivity contribution is 5.63. The molecule has 29 heavy (non-hydrogen) atoms. The number of hydrogen-bond donors (Lipinski definition) is 2. The van der Waals surface area contributed by atoms with Crippen molar-refractivity contribution in [3.05, 3.63) is 58.6 Å². The van der Waals surface area contributed by atoms with E-state index in [0.717, 1.165) is 5.56 Å². The summed E-state index contributed by atoms with van der Waals surface area (Å²) in [5.74, 6) is -0.358. The van der Waals surface area contributed by atoms with Crippen LogP contribution < -0.4 is 10.5 Å². The second-order valence-corrected chi connectivity index (χ2v) is 6.85. The molecule has 0 aliphatic carbocycles. The van der Waals surface area contributed by atoms with E-state index in [-0.39, 0.29) is 11.6 Å². The smallest absolute Gasteiger partial charge is 0.247 e. The fraction of sp³-hybridized carbons (Fsp3) is 0.333. The number of halogens is 1. The van der Waals surface area contributed by atoms with Gasteiger partial charge in [-0.2, -0.15) is 10.1 Å². The highest BCUT2D eigenvalue weighted by Crippen LogP contribution is 2.30. The van der Waals surface area contributed by atoms with Gasteiger partial charge in [-0.25, -0.2) is 8.91 Å². The van der Waals surface area contributed by atoms with E-state index in [1.807, 2.05) is 11.0 Å². The lowest BCUT2D eigenvalue weighted by molar-refractivity contribution is 0.0503. The molecule has 3 aromatic rings. The summed E-state index contributed by atoms with van der Waals surface area (Å²) in [6, 6.07) is 5.63. The Balaban J connectivity index is 1.59. The number of aliphatic hydroxyl groups excluding tert-OH is 1. The lowest BCUT2D eigenvalue weighted by Crippen LogP contribution is -2.45. The molecule has 10 nitrogen and oxygen atoms in total. The van der Waals surface area contributed by atoms with Crippen LogP contribution in [-0.2, 0) is 6.54 Å². The molecule has 1 aliphatic heterocycles. The normalized spacial score (nSPS) is 19.8. The van der Waals surface area contributed by atoms with Gasteiger partial charge < -0.3 is 15.6 Å². The van der Waals surface area contributed by atoms with Gasteiger partial charge in [-0.05, 0) is 42.3 Å². The lowest BCUT2D eigenvalue weighted by Gasteiger charge is -2.33. The van der Waals surface area contributed by atoms with Gasteiger partial charge in [0, 0.05) is 36.0 Å². The molecule has 1 fully saturated rings. The first-order valence-electron chi connectivity index (χ1n) is 9.04. The third-order valence-corrected chi connectivity index (χ3v) is 4.89. The molecule has 1 aliphatic rings. The van der Waals surface area contributed by atoms with Crippen LogP contribution in [0.15, 0.2) is 41.9 Å². The van der Waals surface area contributed by atoms with Gasteiger partial charge in [-0.3, -0.25) is 4.90 Å². The third kappa shape index (κ3) is 3.92. The number of benzene rings is 1. The Morgan fingerprint density at radius 2 is 2.28 bits per heavy atom. The number of nitrogens with two attached hydrogens (primary N) is 1. The maximum absolute atomic E-state index is 14.2. The first kappa shape index (κ1) is 18.9. The molecule has 0 bridgehead atoms. The van der Waals surface area contributed by atoms with Gasteiger partial charge in [-0.1, -0.05) is 5.11 Å². The molecule has 4 rings (SSSR count). The quantitative estimate of drug-likeness (QED) is 0.293. The van der Waals surface area contributed by atoms with Crippen LogP contribution in [0.25, 0.3) is 16.0 Å². The summed E-state index contributed by atoms with van der Waals surface area (Å²) in [6.45, 7) is 1.54. The molecular weight excluding hydrogens is 379 g/mol. The molecule has 2 atom stereocenters. The lowest BCUT2D eigenvalue weighted by atomic mass is 10.0. The molecule has 3 N–H and O–H groups in total. The Morgan fingerprint density at radius 1 is 1.41 bits per heavy atom. The minimum Gasteiger partial charge on any atom is -0.434 e. The molecule has 11 heteroatoms. The minimum absolute atomic E-state index is 0.0116. The van der Waals surface area contributed by atoms with Crippen LogP contribution in [0.5, 0.6) is 11.6 Å². The molecular formula is C18H19FN8O2. The fourth-order valence-corrected chi connectivity index (χ4v) is 3.46. The molecule has 2 aromatic heterocycles. The third-order valence-electron chi connectivity index (χ3n) is 4.89. The number of anilines is 1. The van der Waals surface area contributed by atoms with E-state index >= 15 is 0 Å². The largest absolute Gasteiger partial charge is 0.434 e. The van der Waals surface area contributed by atoms with Crippen molar-refractivity contribution in [2.75, 3.05) is 18.8 Å². The highest BCUT2D eigenvalue weighted by atomic mass is 19.1. The zero-order chi connectivity index (χ0) is 20.4. The number of azide groups is 1. The summed E-state index contributed by atoms with van der Waals surface area (Å²) in [5.41, 5.74) is 15.9. The first-order chi connectivity index (χ1) is 14.0. The molecule has 1 saturated heterocycles. The summed E-state index contributed by atoms with van der Waals surface area (Å²) in [7, 11) is 0. The second-order valence-electron chi connectivity index (χ2n) is 6.85. The van der Waals surface area contributed by atoms with Gasteiger partial charge in [0.1, 0.15) is 11.8 Å². The predicted molar refractivity (Wildman–Crippen MR) is 103 cm³/mol. The molecule has 1 aromatic carbocycles. The molecule has 0 saturated carbocycles. The number of fused-ring (bicyclic) bond motifs is 1. The van der Waals surface area contributed by atoms with Crippen LogP contribution >= 0.6 is 0 Å². The van der Waals surface area contributed by atoms with Crippen molar-refractivity contribution in [2.45, 2.75) is 25.1 Å². The standard InChI is InChI=1S/C18H19FN8O2/c19-13-7-12(20)1-2-16(13)29-18-17-11(3-6-27(17)23-10-22-18)8-26-5-4-14(24-25-21)15(28)9-26/h1-3,6-7,10,14-15,28H,4-5,8-9,20H2/t14-,15-/m1/s1. The van der Waals surface area contributed by atoms with Gasteiger partial charge in [-0.15, -0.1) is 0 Å². The number of hydrogen-bond acceptors (Lipinski definition) is 7. The average Bonchev–Trinajstić information content (AvgIpc) is 3.10. The SMILES string of the molecule is [N-]=[N+]=N[C@@H]1CCN(Cc2ccn3ncnc(Oc4ccc(N)cc4F)c23)C[C@H]1O. The van der Waals surface area contributed by atoms with Crippen LogP contribution in [0.3, 0.4) is 0 Å². The minimum atomic E-state index is -0.732. The first-order valence-corrected chi connectivity index (χ1v) is 9.04. The van der Waals surface area contributed by atoms with E-state index in [9.17, 15) is 9.50 Å². The Labute approximate surface area is 165 Å². The van der Waals surface area contributed by atoms with Crippen molar-refractivity contribution in [1.82, 2.24) is 19.5 Å². The van der Waals surface area contributed by atoms with Gasteiger partial charge in [0.2, 0.25) is 5.88 Å². The Bertz CT molecular complexity index is 1080. The maximum Gasteiger partial charge on any atom is 0.247 e. The number of aromatic nitrogens is 3. The summed E-state index contributed by atoms with van der Waals surface area (Å²) in [6.07, 6.45) is 2.93. The summed E-state index contributed by atoms with van der Waals surface area (Å²) in [5, 5.41) is 18.0. The number of ether oxygens (including phenoxy) is 1. The van der Waals surface area contributed by atoms with E-state index in [2.05, 4.69) is 20.1 Å². The van der Waals surface area contributed by atoms with Crippen molar-refractivity contribution in [2.24, 2.45) is 5.11 Å². The number of aliphatic hydroxyl groups is 1. The Morgan fingerprint density at radius 3 is 3.03 bits per heavy atom. The van der Waals surface area contributed by atoms with Crippen molar-refractivity contribution in [3.63, 3.8) is 0 Å². The average molecular weight is 398 g/mol. The van der Waals surface area contributed by atoms with Crippen LogP contribution in [0.4, 0.5) is 10.1 Å². The molecule has 3 heterocycles. The van der Waals surface area contributed by atoms with Crippen molar-refractivity contribution in [1.29, 1.82) is 0 Å². The van der Waals surface area contributed by atoms with Crippen LogP contribution in [0, 0.1) is 5.82 Å². The number of nitrogens with zero attached hydrogens (tertiary/aromatic N) is 7. The molecule has 0 unspecified atom stereocenters. The number of rotatable bonds is 5. The van der Waals surface area contributed by atoms with Crippen LogP contribution in [0.2, 0.25) is 0 Å². The zero-order valence-electron chi connectivity index (χ0n) is 15.4. The number of β-amino-alcohol motifs (C(OH)–C–C–N with tert-alkyl or cyclic N) is 1. The van der Waals surface area contributed by atoms with Crippen molar-refractivity contribution < 1.29 is 14.2 Å². The maximum atomic E-state index is 14.2. The number of piperidine rings is 1.